The number of hydrogen-bond donors (Lipinski definition) is 1. The van der Waals surface area contributed by atoms with Gasteiger partial charge in [0.1, 0.15) is 5.82 Å². The third kappa shape index (κ3) is 2.48. The van der Waals surface area contributed by atoms with Crippen molar-refractivity contribution >= 4 is 23.0 Å². The highest BCUT2D eigenvalue weighted by Gasteiger charge is 2.01. The van der Waals surface area contributed by atoms with Crippen molar-refractivity contribution in [3.63, 3.8) is 0 Å². The van der Waals surface area contributed by atoms with Crippen LogP contribution in [0, 0.1) is 5.82 Å². The van der Waals surface area contributed by atoms with E-state index in [-0.39, 0.29) is 5.82 Å². The summed E-state index contributed by atoms with van der Waals surface area (Å²) >= 11 is 5.88. The first kappa shape index (κ1) is 9.99. The van der Waals surface area contributed by atoms with Crippen molar-refractivity contribution in [1.82, 2.24) is 0 Å². The van der Waals surface area contributed by atoms with E-state index in [0.717, 1.165) is 5.69 Å². The van der Waals surface area contributed by atoms with Gasteiger partial charge in [0, 0.05) is 5.69 Å². The molecule has 0 heterocycles. The lowest BCUT2D eigenvalue weighted by Gasteiger charge is -2.07. The van der Waals surface area contributed by atoms with Crippen molar-refractivity contribution in [3.05, 3.63) is 59.4 Å². The number of anilines is 2. The maximum atomic E-state index is 12.8. The van der Waals surface area contributed by atoms with Crippen LogP contribution >= 0.6 is 11.6 Å². The van der Waals surface area contributed by atoms with Gasteiger partial charge in [-0.05, 0) is 30.3 Å². The van der Waals surface area contributed by atoms with Crippen molar-refractivity contribution in [2.24, 2.45) is 0 Å². The molecule has 0 unspecified atom stereocenters. The standard InChI is InChI=1S/C12H9ClFN/c13-11-8-9(14)6-7-12(11)15-10-4-2-1-3-5-10/h1-8,15H. The third-order valence-corrected chi connectivity index (χ3v) is 2.30. The van der Waals surface area contributed by atoms with Gasteiger partial charge >= 0.3 is 0 Å². The topological polar surface area (TPSA) is 12.0 Å². The van der Waals surface area contributed by atoms with E-state index in [2.05, 4.69) is 5.32 Å². The van der Waals surface area contributed by atoms with Gasteiger partial charge in [-0.15, -0.1) is 0 Å². The molecule has 3 heteroatoms. The van der Waals surface area contributed by atoms with E-state index in [9.17, 15) is 4.39 Å². The zero-order chi connectivity index (χ0) is 10.7. The lowest BCUT2D eigenvalue weighted by atomic mass is 10.2. The average molecular weight is 222 g/mol. The second kappa shape index (κ2) is 4.32. The second-order valence-electron chi connectivity index (χ2n) is 3.12. The van der Waals surface area contributed by atoms with Gasteiger partial charge in [0.25, 0.3) is 0 Å². The largest absolute Gasteiger partial charge is 0.354 e. The highest BCUT2D eigenvalue weighted by molar-refractivity contribution is 6.33. The monoisotopic (exact) mass is 221 g/mol. The first-order chi connectivity index (χ1) is 7.25. The van der Waals surface area contributed by atoms with Crippen LogP contribution in [-0.2, 0) is 0 Å². The number of nitrogens with one attached hydrogen (secondary N) is 1. The molecule has 0 saturated carbocycles. The Hall–Kier alpha value is -1.54. The molecule has 0 atom stereocenters. The smallest absolute Gasteiger partial charge is 0.124 e. The maximum absolute atomic E-state index is 12.8. The van der Waals surface area contributed by atoms with Crippen LogP contribution in [0.1, 0.15) is 0 Å². The number of benzene rings is 2. The highest BCUT2D eigenvalue weighted by Crippen LogP contribution is 2.25. The fourth-order valence-electron chi connectivity index (χ4n) is 1.27. The number of halogens is 2. The van der Waals surface area contributed by atoms with Crippen molar-refractivity contribution in [2.45, 2.75) is 0 Å². The van der Waals surface area contributed by atoms with Crippen LogP contribution in [-0.4, -0.2) is 0 Å². The fourth-order valence-corrected chi connectivity index (χ4v) is 1.48. The minimum Gasteiger partial charge on any atom is -0.354 e. The quantitative estimate of drug-likeness (QED) is 0.801. The van der Waals surface area contributed by atoms with Crippen LogP contribution < -0.4 is 5.32 Å². The van der Waals surface area contributed by atoms with Crippen LogP contribution in [0.25, 0.3) is 0 Å². The Kier molecular flexibility index (Phi) is 2.88. The van der Waals surface area contributed by atoms with Gasteiger partial charge in [0.2, 0.25) is 0 Å². The first-order valence-electron chi connectivity index (χ1n) is 4.53. The lowest BCUT2D eigenvalue weighted by molar-refractivity contribution is 0.628. The minimum absolute atomic E-state index is 0.335. The molecule has 1 nitrogen and oxygen atoms in total. The average Bonchev–Trinajstić information content (AvgIpc) is 2.24. The number of rotatable bonds is 2. The predicted molar refractivity (Wildman–Crippen MR) is 61.1 cm³/mol. The summed E-state index contributed by atoms with van der Waals surface area (Å²) in [6.07, 6.45) is 0. The number of para-hydroxylation sites is 1. The van der Waals surface area contributed by atoms with Gasteiger partial charge in [0.05, 0.1) is 10.7 Å². The molecule has 15 heavy (non-hydrogen) atoms. The van der Waals surface area contributed by atoms with Gasteiger partial charge in [-0.1, -0.05) is 29.8 Å². The first-order valence-corrected chi connectivity index (χ1v) is 4.90. The molecule has 0 saturated heterocycles. The summed E-state index contributed by atoms with van der Waals surface area (Å²) in [5.41, 5.74) is 1.62. The molecule has 76 valence electrons. The summed E-state index contributed by atoms with van der Waals surface area (Å²) in [6.45, 7) is 0. The SMILES string of the molecule is Fc1ccc(Nc2ccccc2)c(Cl)c1. The predicted octanol–water partition coefficient (Wildman–Crippen LogP) is 4.22. The van der Waals surface area contributed by atoms with Gasteiger partial charge in [0.15, 0.2) is 0 Å². The van der Waals surface area contributed by atoms with Gasteiger partial charge in [-0.3, -0.25) is 0 Å². The van der Waals surface area contributed by atoms with E-state index < -0.39 is 0 Å². The summed E-state index contributed by atoms with van der Waals surface area (Å²) in [5.74, 6) is -0.335. The summed E-state index contributed by atoms with van der Waals surface area (Å²) in [5, 5.41) is 3.47. The molecule has 2 rings (SSSR count). The molecule has 0 bridgehead atoms. The van der Waals surface area contributed by atoms with E-state index in [4.69, 9.17) is 11.6 Å². The zero-order valence-corrected chi connectivity index (χ0v) is 8.63. The van der Waals surface area contributed by atoms with Crippen LogP contribution in [0.2, 0.25) is 5.02 Å². The van der Waals surface area contributed by atoms with Crippen molar-refractivity contribution in [3.8, 4) is 0 Å². The van der Waals surface area contributed by atoms with Crippen molar-refractivity contribution < 1.29 is 4.39 Å². The molecule has 2 aromatic rings. The third-order valence-electron chi connectivity index (χ3n) is 1.98. The minimum atomic E-state index is -0.335. The van der Waals surface area contributed by atoms with E-state index >= 15 is 0 Å². The van der Waals surface area contributed by atoms with E-state index in [1.54, 1.807) is 6.07 Å². The van der Waals surface area contributed by atoms with Crippen LogP contribution in [0.3, 0.4) is 0 Å². The lowest BCUT2D eigenvalue weighted by Crippen LogP contribution is -1.90. The summed E-state index contributed by atoms with van der Waals surface area (Å²) in [7, 11) is 0. The van der Waals surface area contributed by atoms with Crippen LogP contribution in [0.5, 0.6) is 0 Å². The zero-order valence-electron chi connectivity index (χ0n) is 7.87. The Morgan fingerprint density at radius 2 is 1.73 bits per heavy atom. The van der Waals surface area contributed by atoms with Gasteiger partial charge in [-0.2, -0.15) is 0 Å². The highest BCUT2D eigenvalue weighted by atomic mass is 35.5. The summed E-state index contributed by atoms with van der Waals surface area (Å²) < 4.78 is 12.8. The van der Waals surface area contributed by atoms with E-state index in [1.165, 1.54) is 12.1 Å². The molecule has 1 N–H and O–H groups in total. The Bertz CT molecular complexity index is 456. The molecule has 0 aliphatic carbocycles. The molecule has 0 radical (unpaired) electrons. The van der Waals surface area contributed by atoms with Crippen LogP contribution in [0.4, 0.5) is 15.8 Å². The van der Waals surface area contributed by atoms with Crippen molar-refractivity contribution in [2.75, 3.05) is 5.32 Å². The summed E-state index contributed by atoms with van der Waals surface area (Å²) in [6, 6.07) is 13.9. The normalized spacial score (nSPS) is 10.0. The van der Waals surface area contributed by atoms with Gasteiger partial charge in [-0.25, -0.2) is 4.39 Å². The molecule has 0 amide bonds. The Labute approximate surface area is 92.5 Å². The fraction of sp³-hybridized carbons (Fsp3) is 0. The molecular weight excluding hydrogens is 213 g/mol. The maximum Gasteiger partial charge on any atom is 0.124 e. The molecule has 0 aromatic heterocycles. The van der Waals surface area contributed by atoms with Crippen LogP contribution in [0.15, 0.2) is 48.5 Å². The van der Waals surface area contributed by atoms with Crippen molar-refractivity contribution in [1.29, 1.82) is 0 Å². The molecule has 0 spiro atoms. The molecular formula is C12H9ClFN. The Balaban J connectivity index is 2.25. The Morgan fingerprint density at radius 3 is 2.40 bits per heavy atom. The molecule has 2 aromatic carbocycles. The van der Waals surface area contributed by atoms with Gasteiger partial charge < -0.3 is 5.32 Å². The Morgan fingerprint density at radius 1 is 1.00 bits per heavy atom. The molecule has 0 aliphatic heterocycles. The number of hydrogen-bond acceptors (Lipinski definition) is 1. The van der Waals surface area contributed by atoms with E-state index in [1.807, 2.05) is 30.3 Å². The second-order valence-corrected chi connectivity index (χ2v) is 3.52. The van der Waals surface area contributed by atoms with E-state index in [0.29, 0.717) is 10.7 Å². The summed E-state index contributed by atoms with van der Waals surface area (Å²) in [4.78, 5) is 0. The molecule has 0 aliphatic rings. The molecule has 0 fully saturated rings.